The van der Waals surface area contributed by atoms with Crippen LogP contribution in [0.2, 0.25) is 0 Å². The van der Waals surface area contributed by atoms with Crippen LogP contribution in [0.4, 0.5) is 10.5 Å². The summed E-state index contributed by atoms with van der Waals surface area (Å²) in [5, 5.41) is 1.11. The van der Waals surface area contributed by atoms with Crippen molar-refractivity contribution in [2.45, 2.75) is 45.1 Å². The second-order valence-electron chi connectivity index (χ2n) is 9.70. The van der Waals surface area contributed by atoms with Crippen LogP contribution in [0, 0.1) is 0 Å². The summed E-state index contributed by atoms with van der Waals surface area (Å²) < 4.78 is 0. The Hall–Kier alpha value is -3.86. The zero-order valence-electron chi connectivity index (χ0n) is 20.3. The van der Waals surface area contributed by atoms with E-state index in [9.17, 15) is 9.59 Å². The molecule has 6 rings (SSSR count). The maximum atomic E-state index is 14.2. The van der Waals surface area contributed by atoms with Crippen LogP contribution in [0.3, 0.4) is 0 Å². The summed E-state index contributed by atoms with van der Waals surface area (Å²) in [4.78, 5) is 34.8. The average Bonchev–Trinajstić information content (AvgIpc) is 3.38. The molecule has 1 N–H and O–H groups in total. The number of hydrogen-bond donors (Lipinski definition) is 1. The van der Waals surface area contributed by atoms with Crippen molar-refractivity contribution >= 4 is 28.5 Å². The standard InChI is InChI=1S/C30H29N3O2/c1-4-19-14-16-21(17-15-19)23-18-32-29(35)33(25-13-9-6-10-20(25)5-2)28(34)30(32,3)27-26(23)22-11-7-8-12-24(22)31-27/h6-17,23,31H,4-5,18H2,1-3H3/t23?,30-/m0/s1. The van der Waals surface area contributed by atoms with Crippen LogP contribution in [0.5, 0.6) is 0 Å². The molecule has 1 fully saturated rings. The zero-order valence-corrected chi connectivity index (χ0v) is 20.3. The normalized spacial score (nSPS) is 21.5. The van der Waals surface area contributed by atoms with Gasteiger partial charge in [0.1, 0.15) is 0 Å². The molecule has 1 aromatic heterocycles. The van der Waals surface area contributed by atoms with Crippen molar-refractivity contribution in [2.24, 2.45) is 0 Å². The Morgan fingerprint density at radius 2 is 1.63 bits per heavy atom. The molecule has 1 saturated heterocycles. The summed E-state index contributed by atoms with van der Waals surface area (Å²) in [6.45, 7) is 6.54. The van der Waals surface area contributed by atoms with Crippen LogP contribution in [-0.4, -0.2) is 28.4 Å². The van der Waals surface area contributed by atoms with Gasteiger partial charge in [-0.15, -0.1) is 0 Å². The number of H-pyrrole nitrogens is 1. The Bertz CT molecular complexity index is 1470. The minimum atomic E-state index is -1.09. The number of para-hydroxylation sites is 2. The number of amides is 3. The lowest BCUT2D eigenvalue weighted by Crippen LogP contribution is -2.50. The van der Waals surface area contributed by atoms with Gasteiger partial charge in [-0.3, -0.25) is 4.79 Å². The number of imide groups is 1. The highest BCUT2D eigenvalue weighted by atomic mass is 16.2. The molecule has 5 heteroatoms. The van der Waals surface area contributed by atoms with E-state index in [-0.39, 0.29) is 17.9 Å². The van der Waals surface area contributed by atoms with Gasteiger partial charge in [-0.1, -0.05) is 74.5 Å². The average molecular weight is 464 g/mol. The number of nitrogens with one attached hydrogen (secondary N) is 1. The smallest absolute Gasteiger partial charge is 0.332 e. The lowest BCUT2D eigenvalue weighted by Gasteiger charge is -2.40. The number of benzene rings is 3. The Morgan fingerprint density at radius 3 is 2.37 bits per heavy atom. The topological polar surface area (TPSA) is 56.4 Å². The molecule has 0 aliphatic carbocycles. The van der Waals surface area contributed by atoms with Crippen molar-refractivity contribution in [2.75, 3.05) is 11.4 Å². The Labute approximate surface area is 205 Å². The third-order valence-electron chi connectivity index (χ3n) is 7.93. The largest absolute Gasteiger partial charge is 0.356 e. The van der Waals surface area contributed by atoms with Gasteiger partial charge in [-0.05, 0) is 54.2 Å². The van der Waals surface area contributed by atoms with Gasteiger partial charge in [0, 0.05) is 23.4 Å². The second-order valence-corrected chi connectivity index (χ2v) is 9.70. The van der Waals surface area contributed by atoms with E-state index in [2.05, 4.69) is 42.2 Å². The number of urea groups is 1. The quantitative estimate of drug-likeness (QED) is 0.371. The van der Waals surface area contributed by atoms with Crippen LogP contribution >= 0.6 is 0 Å². The SMILES string of the molecule is CCc1ccc(C2CN3C(=O)N(c4ccccc4CC)C(=O)[C@]3(C)c3[nH]c4ccccc4c32)cc1. The van der Waals surface area contributed by atoms with E-state index < -0.39 is 5.54 Å². The van der Waals surface area contributed by atoms with Gasteiger partial charge < -0.3 is 9.88 Å². The zero-order chi connectivity index (χ0) is 24.3. The Kier molecular flexibility index (Phi) is 4.85. The highest BCUT2D eigenvalue weighted by Gasteiger charge is 2.60. The first kappa shape index (κ1) is 21.7. The molecule has 3 heterocycles. The maximum absolute atomic E-state index is 14.2. The molecule has 176 valence electrons. The number of aromatic amines is 1. The fraction of sp³-hybridized carbons (Fsp3) is 0.267. The van der Waals surface area contributed by atoms with E-state index in [1.54, 1.807) is 4.90 Å². The molecule has 3 amide bonds. The number of aromatic nitrogens is 1. The molecule has 2 aliphatic heterocycles. The molecule has 2 aliphatic rings. The van der Waals surface area contributed by atoms with Crippen molar-refractivity contribution in [3.63, 3.8) is 0 Å². The highest BCUT2D eigenvalue weighted by Crippen LogP contribution is 2.50. The third kappa shape index (κ3) is 2.94. The minimum absolute atomic E-state index is 0.0294. The Morgan fingerprint density at radius 1 is 0.914 bits per heavy atom. The first-order valence-electron chi connectivity index (χ1n) is 12.4. The molecule has 2 atom stereocenters. The van der Waals surface area contributed by atoms with E-state index in [4.69, 9.17) is 0 Å². The van der Waals surface area contributed by atoms with Gasteiger partial charge in [0.15, 0.2) is 5.54 Å². The molecule has 3 aromatic carbocycles. The summed E-state index contributed by atoms with van der Waals surface area (Å²) in [6.07, 6.45) is 1.72. The van der Waals surface area contributed by atoms with Crippen molar-refractivity contribution in [1.29, 1.82) is 0 Å². The summed E-state index contributed by atoms with van der Waals surface area (Å²) in [6, 6.07) is 24.3. The monoisotopic (exact) mass is 463 g/mol. The number of nitrogens with zero attached hydrogens (tertiary/aromatic N) is 2. The number of fused-ring (bicyclic) bond motifs is 5. The summed E-state index contributed by atoms with van der Waals surface area (Å²) in [5.41, 5.74) is 5.95. The molecule has 0 saturated carbocycles. The number of rotatable bonds is 4. The maximum Gasteiger partial charge on any atom is 0.332 e. The van der Waals surface area contributed by atoms with E-state index in [0.29, 0.717) is 12.2 Å². The van der Waals surface area contributed by atoms with Gasteiger partial charge in [0.25, 0.3) is 5.91 Å². The fourth-order valence-electron chi connectivity index (χ4n) is 5.92. The number of carbonyl (C=O) groups excluding carboxylic acids is 2. The van der Waals surface area contributed by atoms with Crippen LogP contribution in [0.25, 0.3) is 10.9 Å². The van der Waals surface area contributed by atoms with E-state index in [0.717, 1.165) is 46.1 Å². The first-order chi connectivity index (χ1) is 17.0. The molecule has 4 aromatic rings. The van der Waals surface area contributed by atoms with Gasteiger partial charge in [-0.25, -0.2) is 9.69 Å². The minimum Gasteiger partial charge on any atom is -0.356 e. The van der Waals surface area contributed by atoms with Gasteiger partial charge in [0.2, 0.25) is 0 Å². The lowest BCUT2D eigenvalue weighted by atomic mass is 9.78. The fourth-order valence-corrected chi connectivity index (χ4v) is 5.92. The van der Waals surface area contributed by atoms with Crippen molar-refractivity contribution < 1.29 is 9.59 Å². The molecular weight excluding hydrogens is 434 g/mol. The molecule has 0 spiro atoms. The predicted octanol–water partition coefficient (Wildman–Crippen LogP) is 6.12. The molecule has 0 bridgehead atoms. The first-order valence-corrected chi connectivity index (χ1v) is 12.4. The summed E-state index contributed by atoms with van der Waals surface area (Å²) >= 11 is 0. The summed E-state index contributed by atoms with van der Waals surface area (Å²) in [7, 11) is 0. The van der Waals surface area contributed by atoms with Crippen LogP contribution < -0.4 is 4.90 Å². The van der Waals surface area contributed by atoms with Gasteiger partial charge >= 0.3 is 6.03 Å². The third-order valence-corrected chi connectivity index (χ3v) is 7.93. The molecule has 5 nitrogen and oxygen atoms in total. The van der Waals surface area contributed by atoms with Crippen LogP contribution in [-0.2, 0) is 23.2 Å². The molecule has 0 radical (unpaired) electrons. The molecular formula is C30H29N3O2. The van der Waals surface area contributed by atoms with Crippen molar-refractivity contribution in [3.8, 4) is 0 Å². The highest BCUT2D eigenvalue weighted by molar-refractivity contribution is 6.24. The van der Waals surface area contributed by atoms with Crippen molar-refractivity contribution in [1.82, 2.24) is 9.88 Å². The Balaban J connectivity index is 1.57. The molecule has 1 unspecified atom stereocenters. The number of hydrogen-bond acceptors (Lipinski definition) is 2. The van der Waals surface area contributed by atoms with Crippen LogP contribution in [0.15, 0.2) is 72.8 Å². The number of carbonyl (C=O) groups is 2. The van der Waals surface area contributed by atoms with Crippen LogP contribution in [0.1, 0.15) is 54.6 Å². The lowest BCUT2D eigenvalue weighted by molar-refractivity contribution is -0.125. The van der Waals surface area contributed by atoms with Crippen molar-refractivity contribution in [3.05, 3.63) is 101 Å². The second kappa shape index (κ2) is 7.84. The van der Waals surface area contributed by atoms with Gasteiger partial charge in [0.05, 0.1) is 11.4 Å². The molecule has 35 heavy (non-hydrogen) atoms. The van der Waals surface area contributed by atoms with Gasteiger partial charge in [-0.2, -0.15) is 0 Å². The van der Waals surface area contributed by atoms with E-state index >= 15 is 0 Å². The number of aryl methyl sites for hydroxylation is 2. The summed E-state index contributed by atoms with van der Waals surface area (Å²) in [5.74, 6) is -0.228. The van der Waals surface area contributed by atoms with E-state index in [1.807, 2.05) is 56.3 Å². The number of anilines is 1. The predicted molar refractivity (Wildman–Crippen MR) is 139 cm³/mol. The van der Waals surface area contributed by atoms with E-state index in [1.165, 1.54) is 10.5 Å².